The molecule has 0 radical (unpaired) electrons. The van der Waals surface area contributed by atoms with E-state index in [-0.39, 0.29) is 17.9 Å². The lowest BCUT2D eigenvalue weighted by molar-refractivity contribution is -0.118. The van der Waals surface area contributed by atoms with Gasteiger partial charge in [0.2, 0.25) is 0 Å². The van der Waals surface area contributed by atoms with Crippen LogP contribution in [0.1, 0.15) is 6.92 Å². The molecule has 1 rings (SSSR count). The Balaban J connectivity index is 2.54. The van der Waals surface area contributed by atoms with Crippen molar-refractivity contribution < 1.29 is 9.59 Å². The first-order valence-electron chi connectivity index (χ1n) is 6.56. The Morgan fingerprint density at radius 1 is 1.28 bits per heavy atom. The van der Waals surface area contributed by atoms with Crippen LogP contribution < -0.4 is 10.6 Å². The zero-order valence-electron chi connectivity index (χ0n) is 11.9. The number of hydrogen-bond acceptors (Lipinski definition) is 3. The van der Waals surface area contributed by atoms with Gasteiger partial charge in [0.05, 0.1) is 6.04 Å². The van der Waals surface area contributed by atoms with Gasteiger partial charge in [0.25, 0.3) is 0 Å². The number of hydrogen-bond donors (Lipinski definition) is 2. The maximum absolute atomic E-state index is 12.0. The lowest BCUT2D eigenvalue weighted by atomic mass is 10.2. The second-order valence-corrected chi connectivity index (χ2v) is 11.6. The van der Waals surface area contributed by atoms with Gasteiger partial charge in [-0.05, 0) is 13.0 Å². The van der Waals surface area contributed by atoms with E-state index in [2.05, 4.69) is 30.3 Å². The van der Waals surface area contributed by atoms with Gasteiger partial charge in [-0.2, -0.15) is 0 Å². The summed E-state index contributed by atoms with van der Waals surface area (Å²) in [4.78, 5) is 25.4. The second-order valence-electron chi connectivity index (χ2n) is 6.11. The molecule has 0 aromatic rings. The normalized spacial score (nSPS) is 18.3. The SMILES string of the molecule is CC(=O)[C@H](C[Si](C)(C)C)NC(=O)N1CCNCC1. The zero-order chi connectivity index (χ0) is 13.8. The summed E-state index contributed by atoms with van der Waals surface area (Å²) in [7, 11) is -1.37. The molecular weight excluding hydrogens is 246 g/mol. The van der Waals surface area contributed by atoms with E-state index in [0.29, 0.717) is 13.1 Å². The molecule has 6 heteroatoms. The lowest BCUT2D eigenvalue weighted by Gasteiger charge is -2.30. The van der Waals surface area contributed by atoms with Crippen molar-refractivity contribution in [3.8, 4) is 0 Å². The zero-order valence-corrected chi connectivity index (χ0v) is 12.9. The highest BCUT2D eigenvalue weighted by molar-refractivity contribution is 6.76. The van der Waals surface area contributed by atoms with Crippen LogP contribution in [0.2, 0.25) is 25.7 Å². The van der Waals surface area contributed by atoms with Gasteiger partial charge in [0.1, 0.15) is 0 Å². The Morgan fingerprint density at radius 3 is 2.28 bits per heavy atom. The first kappa shape index (κ1) is 15.2. The van der Waals surface area contributed by atoms with Crippen molar-refractivity contribution in [3.63, 3.8) is 0 Å². The van der Waals surface area contributed by atoms with Crippen molar-refractivity contribution in [2.75, 3.05) is 26.2 Å². The predicted molar refractivity (Wildman–Crippen MR) is 75.6 cm³/mol. The lowest BCUT2D eigenvalue weighted by Crippen LogP contribution is -2.54. The molecule has 0 aromatic heterocycles. The van der Waals surface area contributed by atoms with Crippen LogP contribution in [0.25, 0.3) is 0 Å². The Hall–Kier alpha value is -0.883. The summed E-state index contributed by atoms with van der Waals surface area (Å²) in [5.74, 6) is 0.0564. The Morgan fingerprint density at radius 2 is 1.83 bits per heavy atom. The largest absolute Gasteiger partial charge is 0.328 e. The van der Waals surface area contributed by atoms with Gasteiger partial charge in [-0.1, -0.05) is 19.6 Å². The minimum absolute atomic E-state index is 0.0564. The molecule has 1 fully saturated rings. The summed E-state index contributed by atoms with van der Waals surface area (Å²) in [6.45, 7) is 11.3. The fraction of sp³-hybridized carbons (Fsp3) is 0.833. The maximum Gasteiger partial charge on any atom is 0.318 e. The third-order valence-corrected chi connectivity index (χ3v) is 4.64. The topological polar surface area (TPSA) is 61.4 Å². The average molecular weight is 271 g/mol. The molecule has 0 saturated carbocycles. The van der Waals surface area contributed by atoms with E-state index >= 15 is 0 Å². The molecular formula is C12H25N3O2Si. The fourth-order valence-corrected chi connectivity index (χ4v) is 3.63. The number of carbonyl (C=O) groups excluding carboxylic acids is 2. The molecule has 104 valence electrons. The van der Waals surface area contributed by atoms with Crippen LogP contribution in [-0.4, -0.2) is 57.0 Å². The highest BCUT2D eigenvalue weighted by Gasteiger charge is 2.27. The van der Waals surface area contributed by atoms with Gasteiger partial charge in [-0.15, -0.1) is 0 Å². The number of carbonyl (C=O) groups is 2. The number of nitrogens with one attached hydrogen (secondary N) is 2. The smallest absolute Gasteiger partial charge is 0.318 e. The van der Waals surface area contributed by atoms with Gasteiger partial charge in [0, 0.05) is 34.3 Å². The van der Waals surface area contributed by atoms with Crippen molar-refractivity contribution in [2.45, 2.75) is 38.7 Å². The standard InChI is InChI=1S/C12H25N3O2Si/c1-10(16)11(9-18(2,3)4)14-12(17)15-7-5-13-6-8-15/h11,13H,5-9H2,1-4H3,(H,14,17)/t11-/m0/s1. The van der Waals surface area contributed by atoms with Crippen LogP contribution in [0.3, 0.4) is 0 Å². The number of amides is 2. The molecule has 1 atom stereocenters. The van der Waals surface area contributed by atoms with E-state index in [1.54, 1.807) is 11.8 Å². The van der Waals surface area contributed by atoms with Gasteiger partial charge >= 0.3 is 6.03 Å². The van der Waals surface area contributed by atoms with Gasteiger partial charge in [-0.3, -0.25) is 4.79 Å². The predicted octanol–water partition coefficient (Wildman–Crippen LogP) is 0.897. The molecule has 0 spiro atoms. The van der Waals surface area contributed by atoms with Gasteiger partial charge < -0.3 is 15.5 Å². The molecule has 5 nitrogen and oxygen atoms in total. The molecule has 0 unspecified atom stereocenters. The van der Waals surface area contributed by atoms with E-state index < -0.39 is 8.07 Å². The number of nitrogens with zero attached hydrogens (tertiary/aromatic N) is 1. The van der Waals surface area contributed by atoms with Crippen molar-refractivity contribution in [2.24, 2.45) is 0 Å². The fourth-order valence-electron chi connectivity index (χ4n) is 2.02. The highest BCUT2D eigenvalue weighted by atomic mass is 28.3. The highest BCUT2D eigenvalue weighted by Crippen LogP contribution is 2.12. The number of rotatable bonds is 4. The monoisotopic (exact) mass is 271 g/mol. The Bertz CT molecular complexity index is 309. The quantitative estimate of drug-likeness (QED) is 0.747. The summed E-state index contributed by atoms with van der Waals surface area (Å²) in [6.07, 6.45) is 0. The van der Waals surface area contributed by atoms with Gasteiger partial charge in [-0.25, -0.2) is 4.79 Å². The van der Waals surface area contributed by atoms with E-state index in [0.717, 1.165) is 19.1 Å². The van der Waals surface area contributed by atoms with Crippen LogP contribution in [0.5, 0.6) is 0 Å². The molecule has 1 saturated heterocycles. The molecule has 0 bridgehead atoms. The van der Waals surface area contributed by atoms with Crippen LogP contribution in [0, 0.1) is 0 Å². The van der Waals surface area contributed by atoms with Crippen LogP contribution in [0.4, 0.5) is 4.79 Å². The van der Waals surface area contributed by atoms with E-state index in [4.69, 9.17) is 0 Å². The molecule has 1 aliphatic rings. The van der Waals surface area contributed by atoms with Crippen molar-refractivity contribution in [1.29, 1.82) is 0 Å². The number of Topliss-reactive ketones (excluding diaryl/α,β-unsaturated/α-hetero) is 1. The molecule has 2 amide bonds. The third kappa shape index (κ3) is 5.18. The van der Waals surface area contributed by atoms with E-state index in [9.17, 15) is 9.59 Å². The van der Waals surface area contributed by atoms with Crippen molar-refractivity contribution >= 4 is 19.9 Å². The van der Waals surface area contributed by atoms with Crippen molar-refractivity contribution in [1.82, 2.24) is 15.5 Å². The number of piperazine rings is 1. The second kappa shape index (κ2) is 6.33. The summed E-state index contributed by atoms with van der Waals surface area (Å²) < 4.78 is 0. The van der Waals surface area contributed by atoms with Gasteiger partial charge in [0.15, 0.2) is 5.78 Å². The summed E-state index contributed by atoms with van der Waals surface area (Å²) in [5, 5.41) is 6.09. The molecule has 0 aromatic carbocycles. The average Bonchev–Trinajstić information content (AvgIpc) is 2.27. The van der Waals surface area contributed by atoms with Crippen LogP contribution in [-0.2, 0) is 4.79 Å². The summed E-state index contributed by atoms with van der Waals surface area (Å²) in [6, 6.07) is 0.383. The van der Waals surface area contributed by atoms with E-state index in [1.807, 2.05) is 0 Å². The van der Waals surface area contributed by atoms with Crippen LogP contribution in [0.15, 0.2) is 0 Å². The Labute approximate surface area is 110 Å². The third-order valence-electron chi connectivity index (χ3n) is 3.01. The van der Waals surface area contributed by atoms with E-state index in [1.165, 1.54) is 0 Å². The minimum Gasteiger partial charge on any atom is -0.328 e. The molecule has 1 aliphatic heterocycles. The first-order valence-corrected chi connectivity index (χ1v) is 10.3. The number of urea groups is 1. The molecule has 2 N–H and O–H groups in total. The maximum atomic E-state index is 12.0. The number of ketones is 1. The first-order chi connectivity index (χ1) is 8.29. The Kier molecular flexibility index (Phi) is 5.34. The molecule has 0 aliphatic carbocycles. The van der Waals surface area contributed by atoms with Crippen LogP contribution >= 0.6 is 0 Å². The summed E-state index contributed by atoms with van der Waals surface area (Å²) >= 11 is 0. The molecule has 18 heavy (non-hydrogen) atoms. The van der Waals surface area contributed by atoms with Crippen molar-refractivity contribution in [3.05, 3.63) is 0 Å². The minimum atomic E-state index is -1.37. The molecule has 1 heterocycles. The summed E-state index contributed by atoms with van der Waals surface area (Å²) in [5.41, 5.74) is 0.